The van der Waals surface area contributed by atoms with Crippen molar-refractivity contribution in [1.82, 2.24) is 0 Å². The van der Waals surface area contributed by atoms with E-state index in [2.05, 4.69) is 4.52 Å². The lowest BCUT2D eigenvalue weighted by Crippen LogP contribution is -2.14. The summed E-state index contributed by atoms with van der Waals surface area (Å²) in [4.78, 5) is 0. The Morgan fingerprint density at radius 1 is 0.920 bits per heavy atom. The highest BCUT2D eigenvalue weighted by atomic mass is 31.2. The quantitative estimate of drug-likeness (QED) is 0.298. The number of phosphoric ester groups is 1. The van der Waals surface area contributed by atoms with Crippen LogP contribution in [0.4, 0.5) is 22.0 Å². The minimum Gasteiger partial charge on any atom is -0.395 e. The van der Waals surface area contributed by atoms with Crippen LogP contribution in [0, 0.1) is 29.1 Å². The normalized spacial score (nSPS) is 18.5. The number of fused-ring (bicyclic) bond motifs is 1. The molecule has 0 bridgehead atoms. The van der Waals surface area contributed by atoms with E-state index in [-0.39, 0.29) is 12.4 Å². The molecule has 2 aromatic carbocycles. The average molecular weight is 382 g/mol. The van der Waals surface area contributed by atoms with Gasteiger partial charge in [-0.05, 0) is 6.07 Å². The van der Waals surface area contributed by atoms with E-state index in [1.165, 1.54) is 12.1 Å². The maximum Gasteiger partial charge on any atom is 0.588 e. The van der Waals surface area contributed by atoms with Crippen LogP contribution in [0.2, 0.25) is 0 Å². The second kappa shape index (κ2) is 7.41. The van der Waals surface area contributed by atoms with E-state index in [4.69, 9.17) is 9.05 Å². The number of rotatable bonds is 2. The van der Waals surface area contributed by atoms with E-state index in [1.807, 2.05) is 13.8 Å². The predicted octanol–water partition coefficient (Wildman–Crippen LogP) is 5.50. The van der Waals surface area contributed by atoms with Gasteiger partial charge in [0.1, 0.15) is 5.75 Å². The standard InChI is InChI=1S/C13H6F5O4P.C2H6/c14-8-9(15)11(17)13(12(18)10(8)16)22-23(19)20-5-6-3-1-2-4-7(6)21-23;1-2/h1-4H,5H2;1-2H3. The van der Waals surface area contributed by atoms with Crippen LogP contribution in [-0.4, -0.2) is 0 Å². The van der Waals surface area contributed by atoms with Gasteiger partial charge in [0.15, 0.2) is 0 Å². The molecule has 1 atom stereocenters. The first kappa shape index (κ1) is 19.2. The smallest absolute Gasteiger partial charge is 0.395 e. The summed E-state index contributed by atoms with van der Waals surface area (Å²) < 4.78 is 92.5. The van der Waals surface area contributed by atoms with Gasteiger partial charge in [-0.1, -0.05) is 32.0 Å². The highest BCUT2D eigenvalue weighted by Gasteiger charge is 2.39. The lowest BCUT2D eigenvalue weighted by Gasteiger charge is -2.25. The zero-order valence-corrected chi connectivity index (χ0v) is 13.9. The first-order chi connectivity index (χ1) is 11.8. The third-order valence-electron chi connectivity index (χ3n) is 2.93. The second-order valence-electron chi connectivity index (χ2n) is 4.41. The monoisotopic (exact) mass is 382 g/mol. The molecule has 1 unspecified atom stereocenters. The Balaban J connectivity index is 0.00000109. The fourth-order valence-electron chi connectivity index (χ4n) is 1.83. The molecule has 2 aromatic rings. The van der Waals surface area contributed by atoms with Crippen molar-refractivity contribution < 1.29 is 40.1 Å². The Morgan fingerprint density at radius 3 is 2.04 bits per heavy atom. The molecule has 4 nitrogen and oxygen atoms in total. The summed E-state index contributed by atoms with van der Waals surface area (Å²) in [5.41, 5.74) is 0.472. The Hall–Kier alpha value is -2.12. The zero-order chi connectivity index (χ0) is 18.8. The number of phosphoric acid groups is 1. The van der Waals surface area contributed by atoms with Gasteiger partial charge in [-0.3, -0.25) is 4.52 Å². The number of halogens is 5. The van der Waals surface area contributed by atoms with Gasteiger partial charge in [0.25, 0.3) is 0 Å². The number of benzene rings is 2. The van der Waals surface area contributed by atoms with Crippen LogP contribution in [0.3, 0.4) is 0 Å². The van der Waals surface area contributed by atoms with Gasteiger partial charge in [0, 0.05) is 5.56 Å². The van der Waals surface area contributed by atoms with Crippen molar-refractivity contribution in [3.63, 3.8) is 0 Å². The average Bonchev–Trinajstić information content (AvgIpc) is 2.63. The highest BCUT2D eigenvalue weighted by Crippen LogP contribution is 2.55. The summed E-state index contributed by atoms with van der Waals surface area (Å²) in [6, 6.07) is 6.10. The fraction of sp³-hybridized carbons (Fsp3) is 0.200. The molecule has 136 valence electrons. The Kier molecular flexibility index (Phi) is 5.69. The minimum absolute atomic E-state index is 0.0472. The van der Waals surface area contributed by atoms with Crippen LogP contribution in [0.1, 0.15) is 19.4 Å². The van der Waals surface area contributed by atoms with Gasteiger partial charge in [0.05, 0.1) is 6.61 Å². The third-order valence-corrected chi connectivity index (χ3v) is 4.21. The SMILES string of the molecule is CC.O=P1(Oc2c(F)c(F)c(F)c(F)c2F)OCc2ccccc2O1. The molecule has 0 saturated heterocycles. The van der Waals surface area contributed by atoms with Crippen LogP contribution in [0.5, 0.6) is 11.5 Å². The molecule has 10 heteroatoms. The maximum absolute atomic E-state index is 13.5. The first-order valence-corrected chi connectivity index (χ1v) is 8.51. The lowest BCUT2D eigenvalue weighted by atomic mass is 10.2. The molecule has 3 rings (SSSR count). The Morgan fingerprint density at radius 2 is 1.44 bits per heavy atom. The molecule has 0 radical (unpaired) electrons. The molecular formula is C15H12F5O4P. The van der Waals surface area contributed by atoms with E-state index in [9.17, 15) is 26.5 Å². The van der Waals surface area contributed by atoms with Gasteiger partial charge >= 0.3 is 7.82 Å². The van der Waals surface area contributed by atoms with Crippen LogP contribution in [0.25, 0.3) is 0 Å². The number of para-hydroxylation sites is 1. The minimum atomic E-state index is -4.61. The summed E-state index contributed by atoms with van der Waals surface area (Å²) in [7, 11) is -4.61. The van der Waals surface area contributed by atoms with Gasteiger partial charge < -0.3 is 9.05 Å². The summed E-state index contributed by atoms with van der Waals surface area (Å²) in [6.07, 6.45) is 0. The van der Waals surface area contributed by atoms with Crippen LogP contribution in [-0.2, 0) is 15.7 Å². The second-order valence-corrected chi connectivity index (χ2v) is 5.93. The van der Waals surface area contributed by atoms with E-state index < -0.39 is 42.7 Å². The fourth-order valence-corrected chi connectivity index (χ4v) is 3.07. The van der Waals surface area contributed by atoms with Crippen molar-refractivity contribution in [1.29, 1.82) is 0 Å². The molecule has 0 amide bonds. The van der Waals surface area contributed by atoms with E-state index >= 15 is 0 Å². The molecule has 0 saturated carbocycles. The topological polar surface area (TPSA) is 44.8 Å². The Bertz CT molecular complexity index is 814. The van der Waals surface area contributed by atoms with Gasteiger partial charge in [-0.2, -0.15) is 8.78 Å². The summed E-state index contributed by atoms with van der Waals surface area (Å²) in [6.45, 7) is 3.71. The van der Waals surface area contributed by atoms with Gasteiger partial charge in [0.2, 0.25) is 34.8 Å². The largest absolute Gasteiger partial charge is 0.588 e. The van der Waals surface area contributed by atoms with Crippen molar-refractivity contribution in [3.05, 3.63) is 58.9 Å². The molecule has 0 aromatic heterocycles. The van der Waals surface area contributed by atoms with Crippen LogP contribution < -0.4 is 9.05 Å². The number of hydrogen-bond donors (Lipinski definition) is 0. The van der Waals surface area contributed by atoms with Crippen molar-refractivity contribution >= 4 is 7.82 Å². The van der Waals surface area contributed by atoms with Crippen LogP contribution >= 0.6 is 7.82 Å². The third kappa shape index (κ3) is 3.62. The molecular weight excluding hydrogens is 370 g/mol. The molecule has 0 aliphatic carbocycles. The zero-order valence-electron chi connectivity index (χ0n) is 13.0. The van der Waals surface area contributed by atoms with E-state index in [1.54, 1.807) is 12.1 Å². The molecule has 0 spiro atoms. The van der Waals surface area contributed by atoms with Crippen molar-refractivity contribution in [2.24, 2.45) is 0 Å². The van der Waals surface area contributed by atoms with Gasteiger partial charge in [-0.15, -0.1) is 0 Å². The van der Waals surface area contributed by atoms with Crippen molar-refractivity contribution in [2.45, 2.75) is 20.5 Å². The van der Waals surface area contributed by atoms with Crippen molar-refractivity contribution in [2.75, 3.05) is 0 Å². The molecule has 1 aliphatic heterocycles. The summed E-state index contributed by atoms with van der Waals surface area (Å²) in [5, 5.41) is 0. The van der Waals surface area contributed by atoms with Crippen LogP contribution in [0.15, 0.2) is 24.3 Å². The first-order valence-electron chi connectivity index (χ1n) is 7.05. The molecule has 1 heterocycles. The van der Waals surface area contributed by atoms with Gasteiger partial charge in [-0.25, -0.2) is 17.7 Å². The van der Waals surface area contributed by atoms with E-state index in [0.29, 0.717) is 5.56 Å². The lowest BCUT2D eigenvalue weighted by molar-refractivity contribution is 0.175. The molecule has 25 heavy (non-hydrogen) atoms. The summed E-state index contributed by atoms with van der Waals surface area (Å²) in [5.74, 6) is -13.1. The summed E-state index contributed by atoms with van der Waals surface area (Å²) >= 11 is 0. The highest BCUT2D eigenvalue weighted by molar-refractivity contribution is 7.49. The van der Waals surface area contributed by atoms with E-state index in [0.717, 1.165) is 0 Å². The van der Waals surface area contributed by atoms with Crippen molar-refractivity contribution in [3.8, 4) is 11.5 Å². The molecule has 0 fully saturated rings. The maximum atomic E-state index is 13.5. The Labute approximate surface area is 139 Å². The predicted molar refractivity (Wildman–Crippen MR) is 77.7 cm³/mol. The number of hydrogen-bond acceptors (Lipinski definition) is 4. The molecule has 1 aliphatic rings. The molecule has 0 N–H and O–H groups in total.